The van der Waals surface area contributed by atoms with Crippen molar-refractivity contribution in [2.24, 2.45) is 7.05 Å². The van der Waals surface area contributed by atoms with E-state index in [0.717, 1.165) is 0 Å². The molecule has 0 bridgehead atoms. The minimum atomic E-state index is -0.288. The van der Waals surface area contributed by atoms with Crippen molar-refractivity contribution < 1.29 is 9.53 Å². The molecule has 0 atom stereocenters. The molecule has 0 fully saturated rings. The molecule has 1 N–H and O–H groups in total. The van der Waals surface area contributed by atoms with Gasteiger partial charge in [0.05, 0.1) is 7.11 Å². The number of aromatic amines is 1. The number of hydrogen-bond acceptors (Lipinski definition) is 3. The maximum atomic E-state index is 12.3. The minimum Gasteiger partial charge on any atom is -0.497 e. The summed E-state index contributed by atoms with van der Waals surface area (Å²) in [7, 11) is 3.14. The number of ether oxygens (including phenoxy) is 1. The fourth-order valence-electron chi connectivity index (χ4n) is 1.86. The van der Waals surface area contributed by atoms with Gasteiger partial charge in [-0.15, -0.1) is 0 Å². The highest BCUT2D eigenvalue weighted by molar-refractivity contribution is 6.08. The summed E-state index contributed by atoms with van der Waals surface area (Å²) >= 11 is 0. The third-order valence-electron chi connectivity index (χ3n) is 2.86. The summed E-state index contributed by atoms with van der Waals surface area (Å²) in [4.78, 5) is 26.3. The van der Waals surface area contributed by atoms with Gasteiger partial charge < -0.3 is 9.72 Å². The third-order valence-corrected chi connectivity index (χ3v) is 2.86. The van der Waals surface area contributed by atoms with Gasteiger partial charge in [0.2, 0.25) is 5.78 Å². The molecule has 1 heterocycles. The summed E-state index contributed by atoms with van der Waals surface area (Å²) in [5.74, 6) is 0.502. The molecule has 5 nitrogen and oxygen atoms in total. The van der Waals surface area contributed by atoms with Crippen molar-refractivity contribution in [1.29, 1.82) is 0 Å². The van der Waals surface area contributed by atoms with Gasteiger partial charge in [-0.3, -0.25) is 9.36 Å². The fraction of sp³-hybridized carbons (Fsp3) is 0.231. The van der Waals surface area contributed by atoms with E-state index in [9.17, 15) is 9.59 Å². The van der Waals surface area contributed by atoms with Gasteiger partial charge in [-0.2, -0.15) is 0 Å². The number of imidazole rings is 1. The van der Waals surface area contributed by atoms with Crippen LogP contribution >= 0.6 is 0 Å². The average Bonchev–Trinajstić information content (AvgIpc) is 2.63. The summed E-state index contributed by atoms with van der Waals surface area (Å²) < 4.78 is 6.35. The first-order chi connectivity index (χ1) is 8.54. The van der Waals surface area contributed by atoms with Crippen molar-refractivity contribution in [3.8, 4) is 5.75 Å². The van der Waals surface area contributed by atoms with Crippen molar-refractivity contribution >= 4 is 5.78 Å². The Bertz CT molecular complexity index is 635. The van der Waals surface area contributed by atoms with E-state index >= 15 is 0 Å². The van der Waals surface area contributed by atoms with Crippen molar-refractivity contribution in [3.63, 3.8) is 0 Å². The number of rotatable bonds is 3. The highest BCUT2D eigenvalue weighted by atomic mass is 16.5. The van der Waals surface area contributed by atoms with Gasteiger partial charge in [0, 0.05) is 18.3 Å². The number of ketones is 1. The summed E-state index contributed by atoms with van der Waals surface area (Å²) in [6, 6.07) is 6.79. The second-order valence-electron chi connectivity index (χ2n) is 4.02. The number of H-pyrrole nitrogens is 1. The fourth-order valence-corrected chi connectivity index (χ4v) is 1.86. The molecule has 2 rings (SSSR count). The lowest BCUT2D eigenvalue weighted by molar-refractivity contribution is 0.103. The van der Waals surface area contributed by atoms with E-state index < -0.39 is 0 Å². The molecule has 1 aromatic carbocycles. The number of nitrogens with zero attached hydrogens (tertiary/aromatic N) is 1. The van der Waals surface area contributed by atoms with Crippen LogP contribution in [0.25, 0.3) is 0 Å². The number of aromatic nitrogens is 2. The molecule has 0 saturated heterocycles. The van der Waals surface area contributed by atoms with Crippen LogP contribution in [0.1, 0.15) is 21.7 Å². The lowest BCUT2D eigenvalue weighted by Gasteiger charge is -2.04. The number of aryl methyl sites for hydroxylation is 1. The summed E-state index contributed by atoms with van der Waals surface area (Å²) in [6.07, 6.45) is 0. The van der Waals surface area contributed by atoms with Gasteiger partial charge in [-0.05, 0) is 31.2 Å². The van der Waals surface area contributed by atoms with Crippen LogP contribution in [0.3, 0.4) is 0 Å². The van der Waals surface area contributed by atoms with Gasteiger partial charge >= 0.3 is 5.69 Å². The SMILES string of the molecule is COc1ccc(C(=O)c2c(C)[nH]c(=O)n2C)cc1. The molecule has 1 aromatic heterocycles. The van der Waals surface area contributed by atoms with Gasteiger partial charge in [0.1, 0.15) is 11.4 Å². The molecule has 0 spiro atoms. The Morgan fingerprint density at radius 2 is 1.89 bits per heavy atom. The zero-order chi connectivity index (χ0) is 13.3. The van der Waals surface area contributed by atoms with Crippen molar-refractivity contribution in [2.75, 3.05) is 7.11 Å². The van der Waals surface area contributed by atoms with Crippen LogP contribution in [0.4, 0.5) is 0 Å². The molecule has 0 radical (unpaired) electrons. The lowest BCUT2D eigenvalue weighted by atomic mass is 10.1. The number of carbonyl (C=O) groups is 1. The van der Waals surface area contributed by atoms with Crippen LogP contribution in [0.2, 0.25) is 0 Å². The molecule has 0 unspecified atom stereocenters. The summed E-state index contributed by atoms with van der Waals surface area (Å²) in [5, 5.41) is 0. The predicted octanol–water partition coefficient (Wildman–Crippen LogP) is 1.26. The monoisotopic (exact) mass is 246 g/mol. The van der Waals surface area contributed by atoms with Gasteiger partial charge in [0.25, 0.3) is 0 Å². The Kier molecular flexibility index (Phi) is 3.06. The third kappa shape index (κ3) is 1.95. The van der Waals surface area contributed by atoms with E-state index in [1.807, 2.05) is 0 Å². The number of nitrogens with one attached hydrogen (secondary N) is 1. The number of methoxy groups -OCH3 is 1. The van der Waals surface area contributed by atoms with Gasteiger partial charge in [0.15, 0.2) is 0 Å². The minimum absolute atomic E-state index is 0.184. The first-order valence-corrected chi connectivity index (χ1v) is 5.49. The molecule has 94 valence electrons. The molecule has 0 aliphatic rings. The normalized spacial score (nSPS) is 10.4. The summed E-state index contributed by atoms with van der Waals surface area (Å²) in [6.45, 7) is 1.71. The first-order valence-electron chi connectivity index (χ1n) is 5.49. The smallest absolute Gasteiger partial charge is 0.326 e. The van der Waals surface area contributed by atoms with E-state index in [2.05, 4.69) is 4.98 Å². The maximum Gasteiger partial charge on any atom is 0.326 e. The maximum absolute atomic E-state index is 12.3. The first kappa shape index (κ1) is 12.2. The second kappa shape index (κ2) is 4.52. The summed E-state index contributed by atoms with van der Waals surface area (Å²) in [5.41, 5.74) is 1.19. The Balaban J connectivity index is 2.44. The van der Waals surface area contributed by atoms with Crippen LogP contribution in [-0.4, -0.2) is 22.4 Å². The van der Waals surface area contributed by atoms with E-state index in [4.69, 9.17) is 4.74 Å². The van der Waals surface area contributed by atoms with Crippen LogP contribution in [0, 0.1) is 6.92 Å². The van der Waals surface area contributed by atoms with Crippen LogP contribution < -0.4 is 10.4 Å². The molecule has 5 heteroatoms. The Hall–Kier alpha value is -2.30. The van der Waals surface area contributed by atoms with Crippen molar-refractivity contribution in [3.05, 3.63) is 51.7 Å². The zero-order valence-electron chi connectivity index (χ0n) is 10.5. The predicted molar refractivity (Wildman–Crippen MR) is 67.2 cm³/mol. The molecule has 18 heavy (non-hydrogen) atoms. The van der Waals surface area contributed by atoms with Crippen LogP contribution in [0.15, 0.2) is 29.1 Å². The van der Waals surface area contributed by atoms with E-state index in [1.165, 1.54) is 4.57 Å². The van der Waals surface area contributed by atoms with Gasteiger partial charge in [-0.1, -0.05) is 0 Å². The van der Waals surface area contributed by atoms with Crippen molar-refractivity contribution in [2.45, 2.75) is 6.92 Å². The Morgan fingerprint density at radius 3 is 2.33 bits per heavy atom. The number of carbonyl (C=O) groups excluding carboxylic acids is 1. The van der Waals surface area contributed by atoms with Crippen LogP contribution in [0.5, 0.6) is 5.75 Å². The van der Waals surface area contributed by atoms with E-state index in [0.29, 0.717) is 22.7 Å². The molecular formula is C13H14N2O3. The highest BCUT2D eigenvalue weighted by Crippen LogP contribution is 2.15. The van der Waals surface area contributed by atoms with E-state index in [-0.39, 0.29) is 11.5 Å². The Morgan fingerprint density at radius 1 is 1.28 bits per heavy atom. The molecule has 0 amide bonds. The standard InChI is InChI=1S/C13H14N2O3/c1-8-11(15(2)13(17)14-8)12(16)9-4-6-10(18-3)7-5-9/h4-7H,1-3H3,(H,14,17). The quantitative estimate of drug-likeness (QED) is 0.829. The molecule has 0 aliphatic heterocycles. The van der Waals surface area contributed by atoms with Crippen LogP contribution in [-0.2, 0) is 7.05 Å². The Labute approximate surface area is 104 Å². The number of benzene rings is 1. The average molecular weight is 246 g/mol. The van der Waals surface area contributed by atoms with Gasteiger partial charge in [-0.25, -0.2) is 4.79 Å². The second-order valence-corrected chi connectivity index (χ2v) is 4.02. The highest BCUT2D eigenvalue weighted by Gasteiger charge is 2.17. The largest absolute Gasteiger partial charge is 0.497 e. The zero-order valence-corrected chi connectivity index (χ0v) is 10.5. The van der Waals surface area contributed by atoms with Crippen molar-refractivity contribution in [1.82, 2.24) is 9.55 Å². The topological polar surface area (TPSA) is 64.1 Å². The molecule has 0 saturated carbocycles. The molecule has 0 aliphatic carbocycles. The molecule has 2 aromatic rings. The lowest BCUT2D eigenvalue weighted by Crippen LogP contribution is -2.17. The molecular weight excluding hydrogens is 232 g/mol. The van der Waals surface area contributed by atoms with E-state index in [1.54, 1.807) is 45.3 Å². The number of hydrogen-bond donors (Lipinski definition) is 1.